The summed E-state index contributed by atoms with van der Waals surface area (Å²) in [6, 6.07) is 26.0. The van der Waals surface area contributed by atoms with Crippen LogP contribution in [0.1, 0.15) is 37.4 Å². The van der Waals surface area contributed by atoms with Crippen LogP contribution in [0.15, 0.2) is 121 Å². The van der Waals surface area contributed by atoms with Crippen molar-refractivity contribution >= 4 is 56.8 Å². The summed E-state index contributed by atoms with van der Waals surface area (Å²) in [6.07, 6.45) is 4.57. The molecule has 0 unspecified atom stereocenters. The van der Waals surface area contributed by atoms with Gasteiger partial charge in [0.15, 0.2) is 0 Å². The zero-order valence-corrected chi connectivity index (χ0v) is 29.8. The number of nitrogens with zero attached hydrogens (tertiary/aromatic N) is 2. The van der Waals surface area contributed by atoms with Crippen molar-refractivity contribution in [1.82, 2.24) is 4.98 Å². The molecule has 0 aliphatic carbocycles. The van der Waals surface area contributed by atoms with E-state index < -0.39 is 23.9 Å². The van der Waals surface area contributed by atoms with Gasteiger partial charge in [-0.1, -0.05) is 48.8 Å². The number of esters is 4. The minimum atomic E-state index is -0.607. The molecule has 14 heteroatoms. The number of anilines is 1. The summed E-state index contributed by atoms with van der Waals surface area (Å²) in [5.74, 6) is -1.41. The van der Waals surface area contributed by atoms with Crippen LogP contribution in [0.3, 0.4) is 0 Å². The largest absolute Gasteiger partial charge is 0.462 e. The topological polar surface area (TPSA) is 161 Å². The summed E-state index contributed by atoms with van der Waals surface area (Å²) in [7, 11) is 0. The lowest BCUT2D eigenvalue weighted by molar-refractivity contribution is -0.145. The molecule has 276 valence electrons. The van der Waals surface area contributed by atoms with Gasteiger partial charge in [0.25, 0.3) is 0 Å². The lowest BCUT2D eigenvalue weighted by Gasteiger charge is -2.11. The first-order valence-corrected chi connectivity index (χ1v) is 17.3. The van der Waals surface area contributed by atoms with E-state index in [0.717, 1.165) is 39.1 Å². The highest BCUT2D eigenvalue weighted by molar-refractivity contribution is 7.22. The quantitative estimate of drug-likeness (QED) is 0.0239. The van der Waals surface area contributed by atoms with Crippen LogP contribution in [-0.4, -0.2) is 61.9 Å². The van der Waals surface area contributed by atoms with E-state index in [9.17, 15) is 19.2 Å². The summed E-state index contributed by atoms with van der Waals surface area (Å²) in [4.78, 5) is 52.3. The summed E-state index contributed by atoms with van der Waals surface area (Å²) in [6.45, 7) is 6.28. The van der Waals surface area contributed by atoms with Crippen LogP contribution in [0.2, 0.25) is 0 Å². The number of carbonyl (C=O) groups excluding carboxylic acids is 4. The van der Waals surface area contributed by atoms with Gasteiger partial charge in [-0.3, -0.25) is 5.43 Å². The molecule has 0 amide bonds. The molecular weight excluding hydrogens is 715 g/mol. The molecule has 5 rings (SSSR count). The van der Waals surface area contributed by atoms with E-state index in [1.165, 1.54) is 11.3 Å². The third-order valence-electron chi connectivity index (χ3n) is 7.46. The molecule has 5 aromatic rings. The molecule has 0 fully saturated rings. The normalized spacial score (nSPS) is 10.7. The van der Waals surface area contributed by atoms with Crippen LogP contribution < -0.4 is 14.9 Å². The minimum Gasteiger partial charge on any atom is -0.462 e. The van der Waals surface area contributed by atoms with Crippen molar-refractivity contribution in [2.75, 3.05) is 32.2 Å². The Bertz CT molecular complexity index is 2100. The molecule has 0 saturated heterocycles. The monoisotopic (exact) mass is 749 g/mol. The molecule has 13 nitrogen and oxygen atoms in total. The summed E-state index contributed by atoms with van der Waals surface area (Å²) in [5.41, 5.74) is 7.07. The SMILES string of the molecule is C=CC(=O)OCOc1ccc(C(=O)OCCc2ccc(CCOC(=O)c3ccc(OCOC(=O)C=C)cc3)c(/C=N/Nc3nc4ccccc4s3)c2)cc1. The number of hydrazone groups is 1. The van der Waals surface area contributed by atoms with Crippen LogP contribution in [0, 0.1) is 0 Å². The van der Waals surface area contributed by atoms with Gasteiger partial charge < -0.3 is 28.4 Å². The maximum atomic E-state index is 12.7. The first kappa shape index (κ1) is 38.4. The number of nitrogens with one attached hydrogen (secondary N) is 1. The van der Waals surface area contributed by atoms with Crippen molar-refractivity contribution in [2.45, 2.75) is 12.8 Å². The molecule has 0 saturated carbocycles. The Balaban J connectivity index is 1.17. The van der Waals surface area contributed by atoms with E-state index in [-0.39, 0.29) is 26.8 Å². The highest BCUT2D eigenvalue weighted by Crippen LogP contribution is 2.25. The van der Waals surface area contributed by atoms with Crippen molar-refractivity contribution in [3.63, 3.8) is 0 Å². The van der Waals surface area contributed by atoms with Crippen LogP contribution in [0.5, 0.6) is 11.5 Å². The second-order valence-corrected chi connectivity index (χ2v) is 12.1. The molecule has 0 aliphatic heterocycles. The molecule has 0 atom stereocenters. The second-order valence-electron chi connectivity index (χ2n) is 11.1. The zero-order valence-electron chi connectivity index (χ0n) is 28.9. The average molecular weight is 750 g/mol. The fourth-order valence-corrected chi connectivity index (χ4v) is 5.53. The number of fused-ring (bicyclic) bond motifs is 1. The Morgan fingerprint density at radius 2 is 1.28 bits per heavy atom. The van der Waals surface area contributed by atoms with Gasteiger partial charge in [-0.25, -0.2) is 24.2 Å². The predicted octanol–water partition coefficient (Wildman–Crippen LogP) is 6.67. The number of carbonyl (C=O) groups is 4. The molecule has 0 radical (unpaired) electrons. The smallest absolute Gasteiger partial charge is 0.338 e. The average Bonchev–Trinajstić information content (AvgIpc) is 3.62. The number of hydrogen-bond donors (Lipinski definition) is 1. The molecule has 0 spiro atoms. The van der Waals surface area contributed by atoms with Crippen LogP contribution in [0.25, 0.3) is 10.2 Å². The Morgan fingerprint density at radius 1 is 0.704 bits per heavy atom. The number of hydrogen-bond acceptors (Lipinski definition) is 14. The molecule has 0 bridgehead atoms. The Morgan fingerprint density at radius 3 is 1.85 bits per heavy atom. The van der Waals surface area contributed by atoms with Gasteiger partial charge in [-0.05, 0) is 83.4 Å². The third kappa shape index (κ3) is 11.6. The Hall–Kier alpha value is -6.80. The predicted molar refractivity (Wildman–Crippen MR) is 202 cm³/mol. The zero-order chi connectivity index (χ0) is 38.1. The van der Waals surface area contributed by atoms with Gasteiger partial charge in [-0.2, -0.15) is 5.10 Å². The number of thiazole rings is 1. The number of para-hydroxylation sites is 1. The second kappa shape index (κ2) is 19.7. The fraction of sp³-hybridized carbons (Fsp3) is 0.150. The van der Waals surface area contributed by atoms with Gasteiger partial charge in [0.05, 0.1) is 40.8 Å². The van der Waals surface area contributed by atoms with E-state index in [4.69, 9.17) is 28.4 Å². The van der Waals surface area contributed by atoms with Crippen molar-refractivity contribution in [3.05, 3.63) is 144 Å². The van der Waals surface area contributed by atoms with Gasteiger partial charge in [0.2, 0.25) is 18.7 Å². The maximum absolute atomic E-state index is 12.7. The van der Waals surface area contributed by atoms with Crippen LogP contribution >= 0.6 is 11.3 Å². The number of benzene rings is 4. The third-order valence-corrected chi connectivity index (χ3v) is 8.40. The van der Waals surface area contributed by atoms with E-state index >= 15 is 0 Å². The minimum absolute atomic E-state index is 0.0987. The van der Waals surface area contributed by atoms with Gasteiger partial charge in [0, 0.05) is 25.0 Å². The molecular formula is C40H35N3O10S. The number of aromatic nitrogens is 1. The number of ether oxygens (including phenoxy) is 6. The Kier molecular flexibility index (Phi) is 14.0. The Labute approximate surface area is 314 Å². The first-order valence-electron chi connectivity index (χ1n) is 16.5. The van der Waals surface area contributed by atoms with Gasteiger partial charge in [-0.15, -0.1) is 0 Å². The molecule has 54 heavy (non-hydrogen) atoms. The van der Waals surface area contributed by atoms with E-state index in [0.29, 0.717) is 40.6 Å². The van der Waals surface area contributed by atoms with E-state index in [1.54, 1.807) is 54.7 Å². The highest BCUT2D eigenvalue weighted by atomic mass is 32.1. The molecule has 1 heterocycles. The van der Waals surface area contributed by atoms with Gasteiger partial charge in [0.1, 0.15) is 11.5 Å². The molecule has 4 aromatic carbocycles. The van der Waals surface area contributed by atoms with Crippen LogP contribution in [0.4, 0.5) is 5.13 Å². The molecule has 0 aliphatic rings. The summed E-state index contributed by atoms with van der Waals surface area (Å²) in [5, 5.41) is 5.06. The molecule has 1 aromatic heterocycles. The van der Waals surface area contributed by atoms with Crippen molar-refractivity contribution in [3.8, 4) is 11.5 Å². The van der Waals surface area contributed by atoms with Gasteiger partial charge >= 0.3 is 23.9 Å². The maximum Gasteiger partial charge on any atom is 0.338 e. The van der Waals surface area contributed by atoms with Crippen LogP contribution in [-0.2, 0) is 41.4 Å². The molecule has 1 N–H and O–H groups in total. The van der Waals surface area contributed by atoms with Crippen molar-refractivity contribution < 1.29 is 47.6 Å². The fourth-order valence-electron chi connectivity index (χ4n) is 4.71. The van der Waals surface area contributed by atoms with Crippen molar-refractivity contribution in [2.24, 2.45) is 5.10 Å². The summed E-state index contributed by atoms with van der Waals surface area (Å²) >= 11 is 1.48. The summed E-state index contributed by atoms with van der Waals surface area (Å²) < 4.78 is 32.3. The number of rotatable bonds is 19. The highest BCUT2D eigenvalue weighted by Gasteiger charge is 2.12. The lowest BCUT2D eigenvalue weighted by atomic mass is 10.0. The lowest BCUT2D eigenvalue weighted by Crippen LogP contribution is -2.11. The first-order chi connectivity index (χ1) is 26.3. The standard InChI is InChI=1S/C40H35N3O10S/c1-3-36(44)52-25-50-32-15-11-29(12-16-32)38(46)48-21-19-27-9-10-28(31(23-27)24-41-43-40-42-34-7-5-6-8-35(34)54-40)20-22-49-39(47)30-13-17-33(18-14-30)51-26-53-37(45)4-2/h3-18,23-24H,1-2,19-22,25-26H2,(H,42,43)/b41-24+. The van der Waals surface area contributed by atoms with E-state index in [1.807, 2.05) is 42.5 Å². The van der Waals surface area contributed by atoms with E-state index in [2.05, 4.69) is 28.7 Å². The van der Waals surface area contributed by atoms with Crippen molar-refractivity contribution in [1.29, 1.82) is 0 Å².